The fraction of sp³-hybridized carbons (Fsp3) is 0.188. The Balaban J connectivity index is 2.05. The van der Waals surface area contributed by atoms with Crippen LogP contribution < -0.4 is 5.32 Å². The summed E-state index contributed by atoms with van der Waals surface area (Å²) in [5.41, 5.74) is 3.32. The van der Waals surface area contributed by atoms with Crippen molar-refractivity contribution in [1.82, 2.24) is 0 Å². The van der Waals surface area contributed by atoms with Gasteiger partial charge in [-0.2, -0.15) is 0 Å². The summed E-state index contributed by atoms with van der Waals surface area (Å²) in [6.45, 7) is 3.99. The zero-order chi connectivity index (χ0) is 15.4. The number of rotatable bonds is 3. The molecule has 1 amide bonds. The molecule has 0 saturated heterocycles. The molecule has 0 aromatic heterocycles. The molecular formula is C16H15BrClNO2. The molecule has 1 N–H and O–H groups in total. The number of aryl methyl sites for hydroxylation is 1. The molecule has 0 saturated carbocycles. The normalized spacial score (nSPS) is 10.3. The minimum absolute atomic E-state index is 0.225. The molecule has 2 aromatic rings. The second-order valence-electron chi connectivity index (χ2n) is 4.68. The zero-order valence-electron chi connectivity index (χ0n) is 11.7. The van der Waals surface area contributed by atoms with E-state index in [-0.39, 0.29) is 6.61 Å². The van der Waals surface area contributed by atoms with E-state index in [0.717, 1.165) is 21.2 Å². The van der Waals surface area contributed by atoms with Crippen LogP contribution in [0.2, 0.25) is 5.02 Å². The number of carbonyl (C=O) groups is 1. The van der Waals surface area contributed by atoms with Crippen LogP contribution in [0.1, 0.15) is 16.7 Å². The molecule has 0 unspecified atom stereocenters. The van der Waals surface area contributed by atoms with Gasteiger partial charge in [0.25, 0.3) is 0 Å². The number of hydrogen-bond donors (Lipinski definition) is 1. The van der Waals surface area contributed by atoms with Crippen molar-refractivity contribution < 1.29 is 9.53 Å². The Morgan fingerprint density at radius 1 is 1.29 bits per heavy atom. The molecule has 0 aliphatic carbocycles. The number of hydrogen-bond acceptors (Lipinski definition) is 2. The highest BCUT2D eigenvalue weighted by Gasteiger charge is 2.13. The first-order valence-corrected chi connectivity index (χ1v) is 7.59. The minimum atomic E-state index is -0.512. The number of anilines is 1. The van der Waals surface area contributed by atoms with Crippen LogP contribution in [-0.2, 0) is 11.3 Å². The third kappa shape index (κ3) is 3.99. The molecule has 3 nitrogen and oxygen atoms in total. The van der Waals surface area contributed by atoms with Crippen molar-refractivity contribution in [3.8, 4) is 0 Å². The lowest BCUT2D eigenvalue weighted by atomic mass is 10.1. The quantitative estimate of drug-likeness (QED) is 0.780. The smallest absolute Gasteiger partial charge is 0.411 e. The summed E-state index contributed by atoms with van der Waals surface area (Å²) in [5, 5.41) is 3.36. The van der Waals surface area contributed by atoms with Crippen LogP contribution in [0.25, 0.3) is 0 Å². The van der Waals surface area contributed by atoms with Gasteiger partial charge < -0.3 is 4.74 Å². The summed E-state index contributed by atoms with van der Waals surface area (Å²) in [7, 11) is 0. The lowest BCUT2D eigenvalue weighted by Crippen LogP contribution is -2.15. The van der Waals surface area contributed by atoms with Crippen LogP contribution in [0, 0.1) is 13.8 Å². The maximum absolute atomic E-state index is 11.9. The van der Waals surface area contributed by atoms with Crippen LogP contribution >= 0.6 is 27.5 Å². The molecule has 0 spiro atoms. The number of halogens is 2. The van der Waals surface area contributed by atoms with Gasteiger partial charge in [-0.15, -0.1) is 0 Å². The Labute approximate surface area is 137 Å². The third-order valence-corrected chi connectivity index (χ3v) is 4.28. The van der Waals surface area contributed by atoms with E-state index in [2.05, 4.69) is 21.2 Å². The van der Waals surface area contributed by atoms with Crippen molar-refractivity contribution in [3.05, 3.63) is 62.6 Å². The van der Waals surface area contributed by atoms with Crippen LogP contribution in [0.15, 0.2) is 40.9 Å². The second kappa shape index (κ2) is 6.96. The standard InChI is InChI=1S/C16H15BrClNO2/c1-10-8-13(17)15(11(2)14(10)18)19-16(20)21-9-12-6-4-3-5-7-12/h3-8H,9H2,1-2H3,(H,19,20). The summed E-state index contributed by atoms with van der Waals surface area (Å²) in [4.78, 5) is 11.9. The van der Waals surface area contributed by atoms with Crippen LogP contribution in [-0.4, -0.2) is 6.09 Å². The fourth-order valence-corrected chi connectivity index (χ4v) is 2.81. The molecule has 2 rings (SSSR count). The molecule has 0 aliphatic rings. The van der Waals surface area contributed by atoms with Crippen molar-refractivity contribution >= 4 is 39.3 Å². The van der Waals surface area contributed by atoms with Gasteiger partial charge in [-0.05, 0) is 52.5 Å². The van der Waals surface area contributed by atoms with Gasteiger partial charge in [-0.25, -0.2) is 4.79 Å². The van der Waals surface area contributed by atoms with Crippen molar-refractivity contribution in [2.45, 2.75) is 20.5 Å². The van der Waals surface area contributed by atoms with Crippen LogP contribution in [0.5, 0.6) is 0 Å². The number of nitrogens with one attached hydrogen (secondary N) is 1. The Hall–Kier alpha value is -1.52. The molecule has 0 radical (unpaired) electrons. The van der Waals surface area contributed by atoms with E-state index in [9.17, 15) is 4.79 Å². The summed E-state index contributed by atoms with van der Waals surface area (Å²) >= 11 is 9.63. The van der Waals surface area contributed by atoms with E-state index in [1.54, 1.807) is 0 Å². The molecule has 0 atom stereocenters. The molecule has 5 heteroatoms. The van der Waals surface area contributed by atoms with E-state index in [1.807, 2.05) is 50.2 Å². The predicted molar refractivity (Wildman–Crippen MR) is 88.9 cm³/mol. The molecule has 0 bridgehead atoms. The van der Waals surface area contributed by atoms with Gasteiger partial charge >= 0.3 is 6.09 Å². The van der Waals surface area contributed by atoms with Crippen molar-refractivity contribution in [2.24, 2.45) is 0 Å². The highest BCUT2D eigenvalue weighted by atomic mass is 79.9. The topological polar surface area (TPSA) is 38.3 Å². The SMILES string of the molecule is Cc1cc(Br)c(NC(=O)OCc2ccccc2)c(C)c1Cl. The maximum Gasteiger partial charge on any atom is 0.411 e. The number of carbonyl (C=O) groups excluding carboxylic acids is 1. The van der Waals surface area contributed by atoms with Gasteiger partial charge in [0.1, 0.15) is 6.61 Å². The van der Waals surface area contributed by atoms with Crippen molar-refractivity contribution in [2.75, 3.05) is 5.32 Å². The lowest BCUT2D eigenvalue weighted by molar-refractivity contribution is 0.155. The van der Waals surface area contributed by atoms with E-state index in [1.165, 1.54) is 0 Å². The summed E-state index contributed by atoms with van der Waals surface area (Å²) in [6.07, 6.45) is -0.512. The van der Waals surface area contributed by atoms with E-state index in [0.29, 0.717) is 10.7 Å². The molecule has 110 valence electrons. The average molecular weight is 369 g/mol. The Morgan fingerprint density at radius 2 is 1.95 bits per heavy atom. The molecule has 0 fully saturated rings. The third-order valence-electron chi connectivity index (χ3n) is 3.07. The Morgan fingerprint density at radius 3 is 2.62 bits per heavy atom. The highest BCUT2D eigenvalue weighted by Crippen LogP contribution is 2.34. The van der Waals surface area contributed by atoms with Crippen LogP contribution in [0.3, 0.4) is 0 Å². The fourth-order valence-electron chi connectivity index (χ4n) is 1.92. The first kappa shape index (κ1) is 15.9. The van der Waals surface area contributed by atoms with Gasteiger partial charge in [0.2, 0.25) is 0 Å². The molecule has 0 aliphatic heterocycles. The monoisotopic (exact) mass is 367 g/mol. The summed E-state index contributed by atoms with van der Waals surface area (Å²) in [6, 6.07) is 11.4. The van der Waals surface area contributed by atoms with E-state index >= 15 is 0 Å². The largest absolute Gasteiger partial charge is 0.444 e. The van der Waals surface area contributed by atoms with Gasteiger partial charge in [0, 0.05) is 9.50 Å². The molecule has 21 heavy (non-hydrogen) atoms. The van der Waals surface area contributed by atoms with Crippen molar-refractivity contribution in [3.63, 3.8) is 0 Å². The first-order chi connectivity index (χ1) is 9.99. The second-order valence-corrected chi connectivity index (χ2v) is 5.91. The van der Waals surface area contributed by atoms with Gasteiger partial charge in [0.05, 0.1) is 5.69 Å². The van der Waals surface area contributed by atoms with E-state index < -0.39 is 6.09 Å². The van der Waals surface area contributed by atoms with E-state index in [4.69, 9.17) is 16.3 Å². The maximum atomic E-state index is 11.9. The predicted octanol–water partition coefficient (Wildman–Crippen LogP) is 5.47. The Kier molecular flexibility index (Phi) is 5.26. The number of amides is 1. The molecule has 0 heterocycles. The van der Waals surface area contributed by atoms with Gasteiger partial charge in [0.15, 0.2) is 0 Å². The zero-order valence-corrected chi connectivity index (χ0v) is 14.1. The summed E-state index contributed by atoms with van der Waals surface area (Å²) in [5.74, 6) is 0. The molecule has 2 aromatic carbocycles. The van der Waals surface area contributed by atoms with Crippen molar-refractivity contribution in [1.29, 1.82) is 0 Å². The first-order valence-electron chi connectivity index (χ1n) is 6.42. The lowest BCUT2D eigenvalue weighted by Gasteiger charge is -2.14. The average Bonchev–Trinajstić information content (AvgIpc) is 2.48. The highest BCUT2D eigenvalue weighted by molar-refractivity contribution is 9.10. The summed E-state index contributed by atoms with van der Waals surface area (Å²) < 4.78 is 5.97. The number of ether oxygens (including phenoxy) is 1. The molecular weight excluding hydrogens is 354 g/mol. The van der Waals surface area contributed by atoms with Gasteiger partial charge in [-0.3, -0.25) is 5.32 Å². The van der Waals surface area contributed by atoms with Crippen LogP contribution in [0.4, 0.5) is 10.5 Å². The number of benzene rings is 2. The minimum Gasteiger partial charge on any atom is -0.444 e. The van der Waals surface area contributed by atoms with Gasteiger partial charge in [-0.1, -0.05) is 41.9 Å². The Bertz CT molecular complexity index is 659.